The fraction of sp³-hybridized carbons (Fsp3) is 1.00. The van der Waals surface area contributed by atoms with Crippen molar-refractivity contribution in [2.45, 2.75) is 51.2 Å². The normalized spacial score (nSPS) is 32.1. The summed E-state index contributed by atoms with van der Waals surface area (Å²) in [7, 11) is 0. The van der Waals surface area contributed by atoms with Crippen LogP contribution in [0.4, 0.5) is 0 Å². The standard InChI is InChI=1S/C13H26N2O/c1-11-9-15(6-3-7-16-11)13(2,10-14)8-12-4-5-12/h11-12H,3-10,14H2,1-2H3. The van der Waals surface area contributed by atoms with E-state index in [0.717, 1.165) is 38.6 Å². The second-order valence-corrected chi connectivity index (χ2v) is 5.83. The van der Waals surface area contributed by atoms with E-state index in [-0.39, 0.29) is 5.54 Å². The third kappa shape index (κ3) is 2.96. The van der Waals surface area contributed by atoms with E-state index >= 15 is 0 Å². The molecule has 0 spiro atoms. The maximum atomic E-state index is 6.03. The Morgan fingerprint density at radius 1 is 1.44 bits per heavy atom. The molecule has 2 aliphatic rings. The lowest BCUT2D eigenvalue weighted by Crippen LogP contribution is -2.53. The predicted octanol–water partition coefficient (Wildman–Crippen LogP) is 1.61. The number of nitrogens with zero attached hydrogens (tertiary/aromatic N) is 1. The highest BCUT2D eigenvalue weighted by Crippen LogP contribution is 2.38. The minimum absolute atomic E-state index is 0.198. The van der Waals surface area contributed by atoms with Gasteiger partial charge in [0.15, 0.2) is 0 Å². The van der Waals surface area contributed by atoms with Crippen molar-refractivity contribution in [1.29, 1.82) is 0 Å². The molecule has 3 nitrogen and oxygen atoms in total. The van der Waals surface area contributed by atoms with Crippen molar-refractivity contribution in [3.63, 3.8) is 0 Å². The smallest absolute Gasteiger partial charge is 0.0674 e. The molecule has 94 valence electrons. The Balaban J connectivity index is 1.99. The molecule has 0 bridgehead atoms. The fourth-order valence-electron chi connectivity index (χ4n) is 2.77. The van der Waals surface area contributed by atoms with Gasteiger partial charge in [-0.05, 0) is 32.6 Å². The topological polar surface area (TPSA) is 38.5 Å². The van der Waals surface area contributed by atoms with Gasteiger partial charge in [-0.3, -0.25) is 4.90 Å². The van der Waals surface area contributed by atoms with Crippen LogP contribution < -0.4 is 5.73 Å². The van der Waals surface area contributed by atoms with Gasteiger partial charge in [-0.1, -0.05) is 12.8 Å². The molecule has 3 heteroatoms. The molecule has 1 saturated heterocycles. The summed E-state index contributed by atoms with van der Waals surface area (Å²) >= 11 is 0. The molecular weight excluding hydrogens is 200 g/mol. The van der Waals surface area contributed by atoms with Crippen molar-refractivity contribution in [3.05, 3.63) is 0 Å². The molecule has 1 aliphatic carbocycles. The SMILES string of the molecule is CC1CN(C(C)(CN)CC2CC2)CCCO1. The Morgan fingerprint density at radius 3 is 2.81 bits per heavy atom. The Morgan fingerprint density at radius 2 is 2.19 bits per heavy atom. The first-order chi connectivity index (χ1) is 7.64. The monoisotopic (exact) mass is 226 g/mol. The fourth-order valence-corrected chi connectivity index (χ4v) is 2.77. The van der Waals surface area contributed by atoms with E-state index in [1.807, 2.05) is 0 Å². The van der Waals surface area contributed by atoms with Crippen molar-refractivity contribution >= 4 is 0 Å². The summed E-state index contributed by atoms with van der Waals surface area (Å²) in [5.41, 5.74) is 6.23. The highest BCUT2D eigenvalue weighted by Gasteiger charge is 2.37. The van der Waals surface area contributed by atoms with Crippen LogP contribution in [0.2, 0.25) is 0 Å². The number of rotatable bonds is 4. The minimum atomic E-state index is 0.198. The molecule has 1 heterocycles. The van der Waals surface area contributed by atoms with Gasteiger partial charge in [0.05, 0.1) is 6.10 Å². The molecule has 2 fully saturated rings. The van der Waals surface area contributed by atoms with Crippen molar-refractivity contribution in [1.82, 2.24) is 4.90 Å². The molecule has 2 unspecified atom stereocenters. The van der Waals surface area contributed by atoms with E-state index in [2.05, 4.69) is 18.7 Å². The van der Waals surface area contributed by atoms with Crippen LogP contribution in [0.1, 0.15) is 39.5 Å². The second-order valence-electron chi connectivity index (χ2n) is 5.83. The van der Waals surface area contributed by atoms with Gasteiger partial charge >= 0.3 is 0 Å². The molecule has 0 radical (unpaired) electrons. The van der Waals surface area contributed by atoms with Gasteiger partial charge in [-0.2, -0.15) is 0 Å². The van der Waals surface area contributed by atoms with Gasteiger partial charge in [0.2, 0.25) is 0 Å². The van der Waals surface area contributed by atoms with Gasteiger partial charge in [0.1, 0.15) is 0 Å². The van der Waals surface area contributed by atoms with Crippen LogP contribution in [-0.4, -0.2) is 42.8 Å². The number of hydrogen-bond donors (Lipinski definition) is 1. The molecule has 0 aromatic rings. The minimum Gasteiger partial charge on any atom is -0.377 e. The first kappa shape index (κ1) is 12.3. The van der Waals surface area contributed by atoms with E-state index in [0.29, 0.717) is 6.10 Å². The maximum Gasteiger partial charge on any atom is 0.0674 e. The number of hydrogen-bond acceptors (Lipinski definition) is 3. The van der Waals surface area contributed by atoms with Gasteiger partial charge < -0.3 is 10.5 Å². The van der Waals surface area contributed by atoms with Gasteiger partial charge in [0, 0.05) is 31.8 Å². The van der Waals surface area contributed by atoms with Crippen LogP contribution in [0, 0.1) is 5.92 Å². The summed E-state index contributed by atoms with van der Waals surface area (Å²) in [6.07, 6.45) is 5.60. The van der Waals surface area contributed by atoms with Gasteiger partial charge in [-0.25, -0.2) is 0 Å². The number of nitrogens with two attached hydrogens (primary N) is 1. The molecule has 1 saturated carbocycles. The Kier molecular flexibility index (Phi) is 3.88. The Hall–Kier alpha value is -0.120. The van der Waals surface area contributed by atoms with E-state index in [1.165, 1.54) is 19.3 Å². The van der Waals surface area contributed by atoms with E-state index in [1.54, 1.807) is 0 Å². The molecule has 2 N–H and O–H groups in total. The number of ether oxygens (including phenoxy) is 1. The van der Waals surface area contributed by atoms with Crippen molar-refractivity contribution in [2.75, 3.05) is 26.2 Å². The van der Waals surface area contributed by atoms with Crippen LogP contribution in [0.25, 0.3) is 0 Å². The summed E-state index contributed by atoms with van der Waals surface area (Å²) in [5, 5.41) is 0. The highest BCUT2D eigenvalue weighted by molar-refractivity contribution is 4.94. The zero-order valence-electron chi connectivity index (χ0n) is 10.7. The van der Waals surface area contributed by atoms with E-state index < -0.39 is 0 Å². The van der Waals surface area contributed by atoms with Crippen LogP contribution in [0.15, 0.2) is 0 Å². The summed E-state index contributed by atoms with van der Waals surface area (Å²) in [4.78, 5) is 2.57. The van der Waals surface area contributed by atoms with Crippen LogP contribution in [0.3, 0.4) is 0 Å². The van der Waals surface area contributed by atoms with Gasteiger partial charge in [0.25, 0.3) is 0 Å². The first-order valence-electron chi connectivity index (χ1n) is 6.71. The second kappa shape index (κ2) is 5.03. The Labute approximate surface area is 99.3 Å². The molecule has 2 atom stereocenters. The van der Waals surface area contributed by atoms with Crippen LogP contribution in [0.5, 0.6) is 0 Å². The highest BCUT2D eigenvalue weighted by atomic mass is 16.5. The maximum absolute atomic E-state index is 6.03. The lowest BCUT2D eigenvalue weighted by molar-refractivity contribution is 0.0385. The average Bonchev–Trinajstić information content (AvgIpc) is 3.06. The molecule has 2 rings (SSSR count). The third-order valence-corrected chi connectivity index (χ3v) is 4.08. The Bertz CT molecular complexity index is 230. The molecular formula is C13H26N2O. The van der Waals surface area contributed by atoms with Crippen LogP contribution in [-0.2, 0) is 4.74 Å². The summed E-state index contributed by atoms with van der Waals surface area (Å²) < 4.78 is 5.71. The molecule has 0 amide bonds. The molecule has 0 aromatic carbocycles. The van der Waals surface area contributed by atoms with Gasteiger partial charge in [-0.15, -0.1) is 0 Å². The largest absolute Gasteiger partial charge is 0.377 e. The van der Waals surface area contributed by atoms with E-state index in [4.69, 9.17) is 10.5 Å². The van der Waals surface area contributed by atoms with Crippen molar-refractivity contribution in [2.24, 2.45) is 11.7 Å². The zero-order valence-corrected chi connectivity index (χ0v) is 10.7. The third-order valence-electron chi connectivity index (χ3n) is 4.08. The molecule has 16 heavy (non-hydrogen) atoms. The average molecular weight is 226 g/mol. The lowest BCUT2D eigenvalue weighted by atomic mass is 9.92. The summed E-state index contributed by atoms with van der Waals surface area (Å²) in [5.74, 6) is 0.938. The first-order valence-corrected chi connectivity index (χ1v) is 6.71. The molecule has 0 aromatic heterocycles. The zero-order chi connectivity index (χ0) is 11.6. The van der Waals surface area contributed by atoms with Crippen LogP contribution >= 0.6 is 0 Å². The van der Waals surface area contributed by atoms with E-state index in [9.17, 15) is 0 Å². The predicted molar refractivity (Wildman–Crippen MR) is 66.4 cm³/mol. The summed E-state index contributed by atoms with van der Waals surface area (Å²) in [6, 6.07) is 0. The lowest BCUT2D eigenvalue weighted by Gasteiger charge is -2.41. The van der Waals surface area contributed by atoms with Crippen molar-refractivity contribution < 1.29 is 4.74 Å². The quantitative estimate of drug-likeness (QED) is 0.791. The molecule has 1 aliphatic heterocycles. The van der Waals surface area contributed by atoms with Crippen molar-refractivity contribution in [3.8, 4) is 0 Å². The summed E-state index contributed by atoms with van der Waals surface area (Å²) in [6.45, 7) is 8.37.